The molecule has 0 unspecified atom stereocenters. The third kappa shape index (κ3) is 8.08. The van der Waals surface area contributed by atoms with Crippen LogP contribution in [0.3, 0.4) is 0 Å². The zero-order valence-corrected chi connectivity index (χ0v) is 14.5. The molecule has 0 bridgehead atoms. The summed E-state index contributed by atoms with van der Waals surface area (Å²) in [5, 5.41) is 8.85. The van der Waals surface area contributed by atoms with Crippen LogP contribution in [-0.2, 0) is 0 Å². The van der Waals surface area contributed by atoms with E-state index in [1.807, 2.05) is 0 Å². The molecule has 0 amide bonds. The second-order valence-electron chi connectivity index (χ2n) is 6.21. The van der Waals surface area contributed by atoms with Gasteiger partial charge in [0.2, 0.25) is 0 Å². The molecule has 0 spiro atoms. The molecule has 0 atom stereocenters. The standard InChI is InChI=1S/C20H32N2/c1-3-4-5-6-7-8-9-10-16-22(17-12-15-21)20-14-11-13-19(2)18-20/h11,13-14,18H,3-10,12,16-17H2,1-2H3. The largest absolute Gasteiger partial charge is 0.370 e. The topological polar surface area (TPSA) is 27.0 Å². The molecule has 0 aliphatic heterocycles. The molecule has 0 aromatic heterocycles. The fourth-order valence-electron chi connectivity index (χ4n) is 2.82. The summed E-state index contributed by atoms with van der Waals surface area (Å²) in [6, 6.07) is 10.9. The molecular weight excluding hydrogens is 268 g/mol. The summed E-state index contributed by atoms with van der Waals surface area (Å²) < 4.78 is 0. The summed E-state index contributed by atoms with van der Waals surface area (Å²) >= 11 is 0. The molecule has 2 nitrogen and oxygen atoms in total. The Hall–Kier alpha value is -1.49. The van der Waals surface area contributed by atoms with Crippen molar-refractivity contribution in [3.63, 3.8) is 0 Å². The van der Waals surface area contributed by atoms with Gasteiger partial charge in [-0.3, -0.25) is 0 Å². The van der Waals surface area contributed by atoms with Crippen LogP contribution >= 0.6 is 0 Å². The smallest absolute Gasteiger partial charge is 0.0640 e. The fraction of sp³-hybridized carbons (Fsp3) is 0.650. The van der Waals surface area contributed by atoms with Crippen molar-refractivity contribution in [2.45, 2.75) is 71.6 Å². The van der Waals surface area contributed by atoms with Crippen molar-refractivity contribution in [3.8, 4) is 6.07 Å². The lowest BCUT2D eigenvalue weighted by atomic mass is 10.1. The highest BCUT2D eigenvalue weighted by Gasteiger charge is 2.06. The van der Waals surface area contributed by atoms with Crippen LogP contribution < -0.4 is 4.90 Å². The maximum absolute atomic E-state index is 8.85. The molecule has 0 fully saturated rings. The highest BCUT2D eigenvalue weighted by Crippen LogP contribution is 2.17. The average Bonchev–Trinajstić information content (AvgIpc) is 2.52. The first-order chi connectivity index (χ1) is 10.8. The average molecular weight is 300 g/mol. The van der Waals surface area contributed by atoms with E-state index in [-0.39, 0.29) is 0 Å². The van der Waals surface area contributed by atoms with Gasteiger partial charge in [0.15, 0.2) is 0 Å². The van der Waals surface area contributed by atoms with Gasteiger partial charge in [0.25, 0.3) is 0 Å². The summed E-state index contributed by atoms with van der Waals surface area (Å²) in [5.74, 6) is 0. The van der Waals surface area contributed by atoms with Gasteiger partial charge in [-0.2, -0.15) is 5.26 Å². The molecule has 1 aromatic carbocycles. The Labute approximate surface area is 137 Å². The SMILES string of the molecule is CCCCCCCCCCN(CCC#N)c1cccc(C)c1. The Morgan fingerprint density at radius 1 is 0.955 bits per heavy atom. The monoisotopic (exact) mass is 300 g/mol. The summed E-state index contributed by atoms with van der Waals surface area (Å²) in [6.45, 7) is 6.31. The van der Waals surface area contributed by atoms with E-state index in [2.05, 4.69) is 49.1 Å². The van der Waals surface area contributed by atoms with Crippen molar-refractivity contribution < 1.29 is 0 Å². The molecule has 0 saturated carbocycles. The van der Waals surface area contributed by atoms with Crippen molar-refractivity contribution in [1.29, 1.82) is 5.26 Å². The van der Waals surface area contributed by atoms with Gasteiger partial charge in [-0.05, 0) is 31.0 Å². The minimum atomic E-state index is 0.602. The molecule has 2 heteroatoms. The number of nitriles is 1. The zero-order chi connectivity index (χ0) is 16.0. The van der Waals surface area contributed by atoms with Gasteiger partial charge in [0, 0.05) is 18.8 Å². The number of unbranched alkanes of at least 4 members (excludes halogenated alkanes) is 7. The van der Waals surface area contributed by atoms with Gasteiger partial charge >= 0.3 is 0 Å². The third-order valence-electron chi connectivity index (χ3n) is 4.14. The number of nitrogens with zero attached hydrogens (tertiary/aromatic N) is 2. The van der Waals surface area contributed by atoms with Crippen LogP contribution in [0.15, 0.2) is 24.3 Å². The minimum absolute atomic E-state index is 0.602. The van der Waals surface area contributed by atoms with Crippen LogP contribution in [0.1, 0.15) is 70.3 Å². The van der Waals surface area contributed by atoms with Crippen LogP contribution in [0, 0.1) is 18.3 Å². The van der Waals surface area contributed by atoms with E-state index in [4.69, 9.17) is 5.26 Å². The lowest BCUT2D eigenvalue weighted by Crippen LogP contribution is -2.25. The molecule has 1 rings (SSSR count). The van der Waals surface area contributed by atoms with Gasteiger partial charge in [0.1, 0.15) is 0 Å². The van der Waals surface area contributed by atoms with Gasteiger partial charge < -0.3 is 4.90 Å². The molecule has 22 heavy (non-hydrogen) atoms. The predicted molar refractivity (Wildman–Crippen MR) is 96.2 cm³/mol. The summed E-state index contributed by atoms with van der Waals surface area (Å²) in [5.41, 5.74) is 2.55. The van der Waals surface area contributed by atoms with Crippen LogP contribution in [0.4, 0.5) is 5.69 Å². The Morgan fingerprint density at radius 2 is 1.64 bits per heavy atom. The molecule has 0 aliphatic carbocycles. The Bertz CT molecular complexity index is 434. The normalized spacial score (nSPS) is 10.4. The van der Waals surface area contributed by atoms with E-state index in [1.165, 1.54) is 62.6 Å². The fourth-order valence-corrected chi connectivity index (χ4v) is 2.82. The summed E-state index contributed by atoms with van der Waals surface area (Å²) in [7, 11) is 0. The van der Waals surface area contributed by atoms with E-state index in [9.17, 15) is 0 Å². The molecule has 0 N–H and O–H groups in total. The van der Waals surface area contributed by atoms with Gasteiger partial charge in [-0.1, -0.05) is 64.0 Å². The summed E-state index contributed by atoms with van der Waals surface area (Å²) in [6.07, 6.45) is 11.4. The second-order valence-corrected chi connectivity index (χ2v) is 6.21. The van der Waals surface area contributed by atoms with E-state index >= 15 is 0 Å². The zero-order valence-electron chi connectivity index (χ0n) is 14.5. The van der Waals surface area contributed by atoms with Crippen LogP contribution in [0.5, 0.6) is 0 Å². The Kier molecular flexibility index (Phi) is 10.2. The highest BCUT2D eigenvalue weighted by molar-refractivity contribution is 5.48. The van der Waals surface area contributed by atoms with Crippen molar-refractivity contribution in [2.75, 3.05) is 18.0 Å². The van der Waals surface area contributed by atoms with Gasteiger partial charge in [0.05, 0.1) is 12.5 Å². The van der Waals surface area contributed by atoms with E-state index < -0.39 is 0 Å². The van der Waals surface area contributed by atoms with Crippen LogP contribution in [0.25, 0.3) is 0 Å². The minimum Gasteiger partial charge on any atom is -0.370 e. The van der Waals surface area contributed by atoms with Crippen LogP contribution in [0.2, 0.25) is 0 Å². The first-order valence-corrected chi connectivity index (χ1v) is 8.96. The lowest BCUT2D eigenvalue weighted by molar-refractivity contribution is 0.571. The van der Waals surface area contributed by atoms with Gasteiger partial charge in [-0.25, -0.2) is 0 Å². The maximum atomic E-state index is 8.85. The second kappa shape index (κ2) is 12.1. The number of rotatable bonds is 12. The van der Waals surface area contributed by atoms with E-state index in [0.717, 1.165) is 13.1 Å². The molecular formula is C20H32N2. The van der Waals surface area contributed by atoms with Crippen molar-refractivity contribution in [3.05, 3.63) is 29.8 Å². The first kappa shape index (κ1) is 18.6. The first-order valence-electron chi connectivity index (χ1n) is 8.96. The van der Waals surface area contributed by atoms with Crippen molar-refractivity contribution in [2.24, 2.45) is 0 Å². The predicted octanol–water partition coefficient (Wildman–Crippen LogP) is 5.86. The maximum Gasteiger partial charge on any atom is 0.0640 e. The summed E-state index contributed by atoms with van der Waals surface area (Å²) in [4.78, 5) is 2.37. The number of benzene rings is 1. The van der Waals surface area contributed by atoms with Crippen LogP contribution in [-0.4, -0.2) is 13.1 Å². The number of hydrogen-bond acceptors (Lipinski definition) is 2. The van der Waals surface area contributed by atoms with E-state index in [1.54, 1.807) is 0 Å². The molecule has 1 aromatic rings. The van der Waals surface area contributed by atoms with Gasteiger partial charge in [-0.15, -0.1) is 0 Å². The van der Waals surface area contributed by atoms with Crippen molar-refractivity contribution >= 4 is 5.69 Å². The van der Waals surface area contributed by atoms with E-state index in [0.29, 0.717) is 6.42 Å². The molecule has 122 valence electrons. The lowest BCUT2D eigenvalue weighted by Gasteiger charge is -2.24. The Balaban J connectivity index is 2.29. The number of aryl methyl sites for hydroxylation is 1. The van der Waals surface area contributed by atoms with Crippen molar-refractivity contribution in [1.82, 2.24) is 0 Å². The number of anilines is 1. The molecule has 0 radical (unpaired) electrons. The Morgan fingerprint density at radius 3 is 2.27 bits per heavy atom. The molecule has 0 heterocycles. The molecule has 0 aliphatic rings. The third-order valence-corrected chi connectivity index (χ3v) is 4.14. The molecule has 0 saturated heterocycles. The quantitative estimate of drug-likeness (QED) is 0.452. The number of hydrogen-bond donors (Lipinski definition) is 0. The highest BCUT2D eigenvalue weighted by atomic mass is 15.1.